The lowest BCUT2D eigenvalue weighted by Gasteiger charge is -2.06. The van der Waals surface area contributed by atoms with Crippen molar-refractivity contribution in [2.45, 2.75) is 12.4 Å². The van der Waals surface area contributed by atoms with Gasteiger partial charge in [0.1, 0.15) is 17.2 Å². The molecule has 0 aliphatic rings. The van der Waals surface area contributed by atoms with Crippen LogP contribution in [0, 0.1) is 11.6 Å². The molecule has 0 saturated carbocycles. The standard InChI is InChI=1S/C11H11ClF2N2O/c1-17-3-2-16-9-5-7(13)4-8(14)11(9)15-10(16)6-12/h4-5H,2-3,6H2,1H3. The van der Waals surface area contributed by atoms with Crippen molar-refractivity contribution in [3.63, 3.8) is 0 Å². The Bertz CT molecular complexity index is 542. The molecule has 2 rings (SSSR count). The second-order valence-corrected chi connectivity index (χ2v) is 3.83. The monoisotopic (exact) mass is 260 g/mol. The van der Waals surface area contributed by atoms with E-state index in [-0.39, 0.29) is 11.4 Å². The molecule has 0 atom stereocenters. The van der Waals surface area contributed by atoms with E-state index in [9.17, 15) is 8.78 Å². The van der Waals surface area contributed by atoms with Crippen LogP contribution in [0.5, 0.6) is 0 Å². The zero-order valence-corrected chi connectivity index (χ0v) is 9.97. The summed E-state index contributed by atoms with van der Waals surface area (Å²) in [7, 11) is 1.56. The maximum atomic E-state index is 13.5. The number of fused-ring (bicyclic) bond motifs is 1. The van der Waals surface area contributed by atoms with Crippen LogP contribution < -0.4 is 0 Å². The average molecular weight is 261 g/mol. The van der Waals surface area contributed by atoms with E-state index < -0.39 is 11.6 Å². The van der Waals surface area contributed by atoms with E-state index in [1.54, 1.807) is 11.7 Å². The highest BCUT2D eigenvalue weighted by atomic mass is 35.5. The van der Waals surface area contributed by atoms with Crippen molar-refractivity contribution >= 4 is 22.6 Å². The van der Waals surface area contributed by atoms with Crippen molar-refractivity contribution in [3.8, 4) is 0 Å². The third-order valence-corrected chi connectivity index (χ3v) is 2.73. The highest BCUT2D eigenvalue weighted by Crippen LogP contribution is 2.21. The van der Waals surface area contributed by atoms with Crippen LogP contribution in [0.3, 0.4) is 0 Å². The molecule has 0 spiro atoms. The first-order valence-electron chi connectivity index (χ1n) is 5.06. The molecule has 0 bridgehead atoms. The van der Waals surface area contributed by atoms with Gasteiger partial charge < -0.3 is 9.30 Å². The molecule has 0 fully saturated rings. The number of methoxy groups -OCH3 is 1. The lowest BCUT2D eigenvalue weighted by Crippen LogP contribution is -2.07. The van der Waals surface area contributed by atoms with Crippen LogP contribution in [0.1, 0.15) is 5.82 Å². The summed E-state index contributed by atoms with van der Waals surface area (Å²) < 4.78 is 33.3. The Morgan fingerprint density at radius 2 is 2.18 bits per heavy atom. The molecule has 3 nitrogen and oxygen atoms in total. The maximum Gasteiger partial charge on any atom is 0.153 e. The molecule has 0 aliphatic heterocycles. The molecule has 2 aromatic rings. The molecule has 0 amide bonds. The number of aromatic nitrogens is 2. The summed E-state index contributed by atoms with van der Waals surface area (Å²) in [6.07, 6.45) is 0. The first-order chi connectivity index (χ1) is 8.17. The third kappa shape index (κ3) is 2.25. The van der Waals surface area contributed by atoms with Crippen LogP contribution in [0.15, 0.2) is 12.1 Å². The number of nitrogens with zero attached hydrogens (tertiary/aromatic N) is 2. The van der Waals surface area contributed by atoms with Gasteiger partial charge in [0.15, 0.2) is 5.82 Å². The van der Waals surface area contributed by atoms with E-state index in [1.807, 2.05) is 0 Å². The van der Waals surface area contributed by atoms with Gasteiger partial charge in [-0.1, -0.05) is 0 Å². The third-order valence-electron chi connectivity index (χ3n) is 2.49. The Kier molecular flexibility index (Phi) is 3.59. The predicted molar refractivity (Wildman–Crippen MR) is 61.1 cm³/mol. The molecule has 92 valence electrons. The van der Waals surface area contributed by atoms with Gasteiger partial charge in [-0.2, -0.15) is 0 Å². The topological polar surface area (TPSA) is 27.1 Å². The molecule has 1 aromatic carbocycles. The van der Waals surface area contributed by atoms with Crippen molar-refractivity contribution in [1.29, 1.82) is 0 Å². The van der Waals surface area contributed by atoms with Gasteiger partial charge in [-0.25, -0.2) is 13.8 Å². The lowest BCUT2D eigenvalue weighted by molar-refractivity contribution is 0.187. The van der Waals surface area contributed by atoms with Crippen LogP contribution in [0.2, 0.25) is 0 Å². The Labute approximate surface area is 102 Å². The lowest BCUT2D eigenvalue weighted by atomic mass is 10.3. The van der Waals surface area contributed by atoms with E-state index in [4.69, 9.17) is 16.3 Å². The minimum absolute atomic E-state index is 0.137. The van der Waals surface area contributed by atoms with Gasteiger partial charge in [0, 0.05) is 19.7 Å². The van der Waals surface area contributed by atoms with Gasteiger partial charge in [0.2, 0.25) is 0 Å². The zero-order valence-electron chi connectivity index (χ0n) is 9.21. The SMILES string of the molecule is COCCn1c(CCl)nc2c(F)cc(F)cc21. The number of hydrogen-bond donors (Lipinski definition) is 0. The second kappa shape index (κ2) is 4.98. The molecular formula is C11H11ClF2N2O. The fourth-order valence-electron chi connectivity index (χ4n) is 1.73. The van der Waals surface area contributed by atoms with Gasteiger partial charge >= 0.3 is 0 Å². The van der Waals surface area contributed by atoms with Crippen molar-refractivity contribution in [3.05, 3.63) is 29.6 Å². The van der Waals surface area contributed by atoms with E-state index in [2.05, 4.69) is 4.98 Å². The summed E-state index contributed by atoms with van der Waals surface area (Å²) in [5.41, 5.74) is 0.536. The first-order valence-corrected chi connectivity index (χ1v) is 5.60. The van der Waals surface area contributed by atoms with E-state index in [1.165, 1.54) is 6.07 Å². The quantitative estimate of drug-likeness (QED) is 0.791. The highest BCUT2D eigenvalue weighted by molar-refractivity contribution is 6.16. The minimum Gasteiger partial charge on any atom is -0.383 e. The van der Waals surface area contributed by atoms with Crippen LogP contribution in [-0.4, -0.2) is 23.3 Å². The van der Waals surface area contributed by atoms with Crippen molar-refractivity contribution in [2.75, 3.05) is 13.7 Å². The smallest absolute Gasteiger partial charge is 0.153 e. The van der Waals surface area contributed by atoms with E-state index in [0.29, 0.717) is 24.5 Å². The van der Waals surface area contributed by atoms with Crippen LogP contribution >= 0.6 is 11.6 Å². The van der Waals surface area contributed by atoms with Crippen LogP contribution in [0.4, 0.5) is 8.78 Å². The fraction of sp³-hybridized carbons (Fsp3) is 0.364. The predicted octanol–water partition coefficient (Wildman–Crippen LogP) is 2.70. The van der Waals surface area contributed by atoms with E-state index in [0.717, 1.165) is 6.07 Å². The summed E-state index contributed by atoms with van der Waals surface area (Å²) in [6, 6.07) is 2.06. The number of ether oxygens (including phenoxy) is 1. The minimum atomic E-state index is -0.678. The second-order valence-electron chi connectivity index (χ2n) is 3.56. The van der Waals surface area contributed by atoms with Gasteiger partial charge in [-0.05, 0) is 6.07 Å². The maximum absolute atomic E-state index is 13.5. The first kappa shape index (κ1) is 12.3. The van der Waals surface area contributed by atoms with Crippen molar-refractivity contribution in [1.82, 2.24) is 9.55 Å². The van der Waals surface area contributed by atoms with Gasteiger partial charge in [0.05, 0.1) is 18.0 Å². The molecule has 0 unspecified atom stereocenters. The molecular weight excluding hydrogens is 250 g/mol. The molecule has 0 aliphatic carbocycles. The number of halogens is 3. The number of rotatable bonds is 4. The van der Waals surface area contributed by atoms with Crippen LogP contribution in [-0.2, 0) is 17.2 Å². The summed E-state index contributed by atoms with van der Waals surface area (Å²) in [6.45, 7) is 0.880. The Balaban J connectivity index is 2.60. The fourth-order valence-corrected chi connectivity index (χ4v) is 1.94. The Hall–Kier alpha value is -1.20. The summed E-state index contributed by atoms with van der Waals surface area (Å²) in [5.74, 6) is -0.667. The summed E-state index contributed by atoms with van der Waals surface area (Å²) in [4.78, 5) is 4.06. The van der Waals surface area contributed by atoms with Gasteiger partial charge in [0.25, 0.3) is 0 Å². The number of alkyl halides is 1. The number of hydrogen-bond acceptors (Lipinski definition) is 2. The highest BCUT2D eigenvalue weighted by Gasteiger charge is 2.14. The summed E-state index contributed by atoms with van der Waals surface area (Å²) in [5, 5.41) is 0. The molecule has 0 radical (unpaired) electrons. The average Bonchev–Trinajstić information content (AvgIpc) is 2.64. The van der Waals surface area contributed by atoms with Gasteiger partial charge in [-0.3, -0.25) is 0 Å². The number of imidazole rings is 1. The normalized spacial score (nSPS) is 11.3. The Morgan fingerprint density at radius 3 is 2.82 bits per heavy atom. The molecule has 6 heteroatoms. The molecule has 0 N–H and O–H groups in total. The number of benzene rings is 1. The molecule has 1 aromatic heterocycles. The Morgan fingerprint density at radius 1 is 1.41 bits per heavy atom. The summed E-state index contributed by atoms with van der Waals surface area (Å²) >= 11 is 5.73. The van der Waals surface area contributed by atoms with Crippen LogP contribution in [0.25, 0.3) is 11.0 Å². The zero-order chi connectivity index (χ0) is 12.4. The van der Waals surface area contributed by atoms with Crippen molar-refractivity contribution in [2.24, 2.45) is 0 Å². The molecule has 17 heavy (non-hydrogen) atoms. The van der Waals surface area contributed by atoms with Gasteiger partial charge in [-0.15, -0.1) is 11.6 Å². The van der Waals surface area contributed by atoms with Crippen molar-refractivity contribution < 1.29 is 13.5 Å². The largest absolute Gasteiger partial charge is 0.383 e. The van der Waals surface area contributed by atoms with E-state index >= 15 is 0 Å². The molecule has 1 heterocycles. The molecule has 0 saturated heterocycles.